The number of fused-ring (bicyclic) bond motifs is 3. The fourth-order valence-corrected chi connectivity index (χ4v) is 4.75. The van der Waals surface area contributed by atoms with Crippen LogP contribution < -0.4 is 18.9 Å². The molecule has 0 aliphatic carbocycles. The summed E-state index contributed by atoms with van der Waals surface area (Å²) in [7, 11) is 4.48. The van der Waals surface area contributed by atoms with Crippen molar-refractivity contribution in [1.82, 2.24) is 4.40 Å². The zero-order valence-corrected chi connectivity index (χ0v) is 22.8. The summed E-state index contributed by atoms with van der Waals surface area (Å²) < 4.78 is 23.5. The largest absolute Gasteiger partial charge is 0.493 e. The van der Waals surface area contributed by atoms with Gasteiger partial charge >= 0.3 is 0 Å². The standard InChI is InChI=1S/C34H27NO6/c1-5-18-41-25-13-10-22(11-14-25)12-15-29(36)27-21-28(35-17-16-23-8-6-7-9-26(23)32(27)35)33(37)24-19-30(38-2)34(40-4)31(20-24)39-3/h1,6-17,19-21H,18H2,2-4H3/b15-12+. The molecule has 3 aromatic carbocycles. The van der Waals surface area contributed by atoms with E-state index < -0.39 is 0 Å². The van der Waals surface area contributed by atoms with E-state index in [0.29, 0.717) is 45.3 Å². The highest BCUT2D eigenvalue weighted by atomic mass is 16.5. The van der Waals surface area contributed by atoms with Crippen molar-refractivity contribution in [2.24, 2.45) is 0 Å². The highest BCUT2D eigenvalue weighted by Crippen LogP contribution is 2.39. The lowest BCUT2D eigenvalue weighted by atomic mass is 10.0. The molecule has 0 aliphatic rings. The molecule has 2 heterocycles. The summed E-state index contributed by atoms with van der Waals surface area (Å²) in [6.07, 6.45) is 10.3. The first kappa shape index (κ1) is 27.1. The number of ketones is 2. The van der Waals surface area contributed by atoms with E-state index in [2.05, 4.69) is 5.92 Å². The van der Waals surface area contributed by atoms with Crippen molar-refractivity contribution in [2.45, 2.75) is 0 Å². The summed E-state index contributed by atoms with van der Waals surface area (Å²) in [6.45, 7) is 0.181. The zero-order valence-electron chi connectivity index (χ0n) is 22.8. The number of ether oxygens (including phenoxy) is 4. The molecule has 0 fully saturated rings. The smallest absolute Gasteiger partial charge is 0.210 e. The van der Waals surface area contributed by atoms with Gasteiger partial charge in [0.15, 0.2) is 17.3 Å². The van der Waals surface area contributed by atoms with E-state index in [9.17, 15) is 9.59 Å². The molecule has 0 saturated heterocycles. The fourth-order valence-electron chi connectivity index (χ4n) is 4.75. The first-order valence-corrected chi connectivity index (χ1v) is 12.7. The number of pyridine rings is 1. The van der Waals surface area contributed by atoms with Crippen LogP contribution in [0.3, 0.4) is 0 Å². The van der Waals surface area contributed by atoms with E-state index in [1.165, 1.54) is 27.4 Å². The number of aromatic nitrogens is 1. The summed E-state index contributed by atoms with van der Waals surface area (Å²) in [5.74, 6) is 3.63. The highest BCUT2D eigenvalue weighted by Gasteiger charge is 2.24. The molecule has 0 atom stereocenters. The highest BCUT2D eigenvalue weighted by molar-refractivity contribution is 6.19. The lowest BCUT2D eigenvalue weighted by Crippen LogP contribution is -2.07. The number of benzene rings is 3. The molecule has 0 radical (unpaired) electrons. The Morgan fingerprint density at radius 2 is 1.61 bits per heavy atom. The second kappa shape index (κ2) is 11.7. The Balaban J connectivity index is 1.59. The Hall–Kier alpha value is -5.48. The Morgan fingerprint density at radius 3 is 2.27 bits per heavy atom. The van der Waals surface area contributed by atoms with Gasteiger partial charge in [0.25, 0.3) is 0 Å². The van der Waals surface area contributed by atoms with Gasteiger partial charge in [-0.1, -0.05) is 48.4 Å². The molecule has 0 unspecified atom stereocenters. The van der Waals surface area contributed by atoms with Crippen LogP contribution in [-0.4, -0.2) is 43.9 Å². The second-order valence-corrected chi connectivity index (χ2v) is 9.07. The number of allylic oxidation sites excluding steroid dienone is 1. The molecule has 5 aromatic rings. The number of hydrogen-bond acceptors (Lipinski definition) is 6. The van der Waals surface area contributed by atoms with Gasteiger partial charge in [0.1, 0.15) is 12.4 Å². The van der Waals surface area contributed by atoms with Gasteiger partial charge in [0.05, 0.1) is 32.5 Å². The summed E-state index contributed by atoms with van der Waals surface area (Å²) in [5, 5.41) is 1.80. The SMILES string of the molecule is C#CCOc1ccc(/C=C/C(=O)c2cc(C(=O)c3cc(OC)c(OC)c(OC)c3)n3ccc4ccccc4c23)cc1. The Kier molecular flexibility index (Phi) is 7.75. The van der Waals surface area contributed by atoms with Crippen molar-refractivity contribution < 1.29 is 28.5 Å². The van der Waals surface area contributed by atoms with Gasteiger partial charge in [-0.15, -0.1) is 6.42 Å². The number of terminal acetylenes is 1. The van der Waals surface area contributed by atoms with Crippen LogP contribution in [0, 0.1) is 12.3 Å². The number of hydrogen-bond donors (Lipinski definition) is 0. The molecule has 7 heteroatoms. The van der Waals surface area contributed by atoms with Crippen LogP contribution in [0.15, 0.2) is 85.1 Å². The van der Waals surface area contributed by atoms with Gasteiger partial charge in [-0.3, -0.25) is 9.59 Å². The molecule has 0 bridgehead atoms. The second-order valence-electron chi connectivity index (χ2n) is 9.07. The van der Waals surface area contributed by atoms with Gasteiger partial charge in [0, 0.05) is 22.7 Å². The van der Waals surface area contributed by atoms with Crippen LogP contribution >= 0.6 is 0 Å². The first-order chi connectivity index (χ1) is 20.0. The normalized spacial score (nSPS) is 11.0. The summed E-state index contributed by atoms with van der Waals surface area (Å²) in [6, 6.07) is 21.7. The molecule has 204 valence electrons. The average Bonchev–Trinajstić information content (AvgIpc) is 3.42. The predicted octanol–water partition coefficient (Wildman–Crippen LogP) is 6.26. The Labute approximate surface area is 237 Å². The minimum Gasteiger partial charge on any atom is -0.493 e. The predicted molar refractivity (Wildman–Crippen MR) is 159 cm³/mol. The minimum atomic E-state index is -0.305. The van der Waals surface area contributed by atoms with Crippen molar-refractivity contribution in [1.29, 1.82) is 0 Å². The molecule has 41 heavy (non-hydrogen) atoms. The molecule has 0 spiro atoms. The minimum absolute atomic E-state index is 0.181. The lowest BCUT2D eigenvalue weighted by molar-refractivity contribution is 0.103. The van der Waals surface area contributed by atoms with Gasteiger partial charge in [0.2, 0.25) is 11.5 Å². The van der Waals surface area contributed by atoms with E-state index in [0.717, 1.165) is 16.3 Å². The van der Waals surface area contributed by atoms with Gasteiger partial charge < -0.3 is 23.3 Å². The maximum absolute atomic E-state index is 13.9. The van der Waals surface area contributed by atoms with Crippen molar-refractivity contribution in [3.05, 3.63) is 107 Å². The van der Waals surface area contributed by atoms with E-state index in [-0.39, 0.29) is 18.2 Å². The first-order valence-electron chi connectivity index (χ1n) is 12.7. The number of carbonyl (C=O) groups excluding carboxylic acids is 2. The van der Waals surface area contributed by atoms with Gasteiger partial charge in [-0.05, 0) is 53.4 Å². The monoisotopic (exact) mass is 545 g/mol. The van der Waals surface area contributed by atoms with E-state index >= 15 is 0 Å². The van der Waals surface area contributed by atoms with E-state index in [4.69, 9.17) is 25.4 Å². The molecule has 7 nitrogen and oxygen atoms in total. The molecule has 5 rings (SSSR count). The lowest BCUT2D eigenvalue weighted by Gasteiger charge is -2.13. The molecule has 0 saturated carbocycles. The molecular formula is C34H27NO6. The van der Waals surface area contributed by atoms with E-state index in [1.807, 2.05) is 42.5 Å². The number of methoxy groups -OCH3 is 3. The van der Waals surface area contributed by atoms with Crippen molar-refractivity contribution in [3.8, 4) is 35.3 Å². The molecule has 0 amide bonds. The Bertz CT molecular complexity index is 1810. The third kappa shape index (κ3) is 5.23. The molecular weight excluding hydrogens is 518 g/mol. The fraction of sp³-hybridized carbons (Fsp3) is 0.118. The number of nitrogens with zero attached hydrogens (tertiary/aromatic N) is 1. The van der Waals surface area contributed by atoms with Gasteiger partial charge in [-0.25, -0.2) is 0 Å². The third-order valence-corrected chi connectivity index (χ3v) is 6.71. The summed E-state index contributed by atoms with van der Waals surface area (Å²) in [5.41, 5.74) is 2.52. The summed E-state index contributed by atoms with van der Waals surface area (Å²) >= 11 is 0. The van der Waals surface area contributed by atoms with Gasteiger partial charge in [-0.2, -0.15) is 0 Å². The maximum Gasteiger partial charge on any atom is 0.210 e. The summed E-state index contributed by atoms with van der Waals surface area (Å²) in [4.78, 5) is 27.6. The Morgan fingerprint density at radius 1 is 0.902 bits per heavy atom. The van der Waals surface area contributed by atoms with Crippen LogP contribution in [0.1, 0.15) is 32.0 Å². The van der Waals surface area contributed by atoms with Crippen molar-refractivity contribution in [2.75, 3.05) is 27.9 Å². The third-order valence-electron chi connectivity index (χ3n) is 6.71. The molecule has 0 N–H and O–H groups in total. The number of rotatable bonds is 10. The van der Waals surface area contributed by atoms with Crippen LogP contribution in [0.2, 0.25) is 0 Å². The molecule has 0 aliphatic heterocycles. The topological polar surface area (TPSA) is 75.5 Å². The maximum atomic E-state index is 13.9. The van der Waals surface area contributed by atoms with Crippen LogP contribution in [0.4, 0.5) is 0 Å². The van der Waals surface area contributed by atoms with Crippen molar-refractivity contribution in [3.63, 3.8) is 0 Å². The quantitative estimate of drug-likeness (QED) is 0.117. The van der Waals surface area contributed by atoms with Crippen LogP contribution in [-0.2, 0) is 0 Å². The van der Waals surface area contributed by atoms with Crippen molar-refractivity contribution >= 4 is 33.9 Å². The molecule has 2 aromatic heterocycles. The van der Waals surface area contributed by atoms with E-state index in [1.54, 1.807) is 47.0 Å². The average molecular weight is 546 g/mol. The van der Waals surface area contributed by atoms with Crippen LogP contribution in [0.5, 0.6) is 23.0 Å². The van der Waals surface area contributed by atoms with Crippen LogP contribution in [0.25, 0.3) is 22.4 Å². The zero-order chi connectivity index (χ0) is 28.9. The number of carbonyl (C=O) groups is 2.